The first kappa shape index (κ1) is 33.8. The van der Waals surface area contributed by atoms with Crippen LogP contribution in [0.3, 0.4) is 0 Å². The number of anilines is 1. The van der Waals surface area contributed by atoms with Gasteiger partial charge in [0.15, 0.2) is 0 Å². The zero-order valence-corrected chi connectivity index (χ0v) is 24.2. The molecule has 3 saturated heterocycles. The Kier molecular flexibility index (Phi) is 9.22. The molecule has 0 bridgehead atoms. The van der Waals surface area contributed by atoms with Gasteiger partial charge >= 0.3 is 30.7 Å². The maximum Gasteiger partial charge on any atom is 0.434 e. The largest absolute Gasteiger partial charge is 0.444 e. The van der Waals surface area contributed by atoms with E-state index in [4.69, 9.17) is 4.74 Å². The molecule has 4 rings (SSSR count). The molecular formula is C27H33F9N4O4. The lowest BCUT2D eigenvalue weighted by Crippen LogP contribution is -2.52. The van der Waals surface area contributed by atoms with Crippen molar-refractivity contribution in [2.75, 3.05) is 57.3 Å². The van der Waals surface area contributed by atoms with Gasteiger partial charge in [-0.25, -0.2) is 9.59 Å². The summed E-state index contributed by atoms with van der Waals surface area (Å²) in [6, 6.07) is 3.35. The molecule has 44 heavy (non-hydrogen) atoms. The second-order valence-corrected chi connectivity index (χ2v) is 12.3. The van der Waals surface area contributed by atoms with E-state index < -0.39 is 48.0 Å². The van der Waals surface area contributed by atoms with Crippen molar-refractivity contribution in [2.45, 2.75) is 57.5 Å². The van der Waals surface area contributed by atoms with E-state index in [-0.39, 0.29) is 44.6 Å². The molecule has 8 nitrogen and oxygen atoms in total. The summed E-state index contributed by atoms with van der Waals surface area (Å²) >= 11 is 0. The third kappa shape index (κ3) is 8.13. The molecule has 2 atom stereocenters. The molecule has 2 amide bonds. The minimum Gasteiger partial charge on any atom is -0.444 e. The number of piperazine rings is 1. The van der Waals surface area contributed by atoms with Gasteiger partial charge in [-0.3, -0.25) is 4.90 Å². The quantitative estimate of drug-likeness (QED) is 0.388. The number of amides is 2. The lowest BCUT2D eigenvalue weighted by Gasteiger charge is -2.36. The molecule has 3 fully saturated rings. The standard InChI is InChI=1S/C27H33F9N4O4/c1-24(2,3)44-23(42)40-14-17-12-39(13-18(17)15-40)20-10-19(25(28,29)30)5-4-16(20)11-37-6-8-38(9-7-37)22(41)43-21(26(31,32)33)27(34,35)36/h4-5,10,17-18,21H,6-9,11-15H2,1-3H3. The second-order valence-electron chi connectivity index (χ2n) is 12.3. The number of carbonyl (C=O) groups is 2. The van der Waals surface area contributed by atoms with E-state index in [1.165, 1.54) is 6.07 Å². The first-order chi connectivity index (χ1) is 20.1. The van der Waals surface area contributed by atoms with Crippen molar-refractivity contribution in [3.63, 3.8) is 0 Å². The normalized spacial score (nSPS) is 22.1. The number of nitrogens with zero attached hydrogens (tertiary/aromatic N) is 4. The Bertz CT molecular complexity index is 1180. The minimum absolute atomic E-state index is 0.0108. The van der Waals surface area contributed by atoms with Gasteiger partial charge in [0.1, 0.15) is 5.60 Å². The highest BCUT2D eigenvalue weighted by molar-refractivity contribution is 5.69. The number of carbonyl (C=O) groups excluding carboxylic acids is 2. The lowest BCUT2D eigenvalue weighted by molar-refractivity contribution is -0.308. The Labute approximate surface area is 247 Å². The summed E-state index contributed by atoms with van der Waals surface area (Å²) in [5.74, 6) is 0.0217. The molecule has 0 spiro atoms. The molecule has 0 radical (unpaired) electrons. The van der Waals surface area contributed by atoms with Crippen LogP contribution in [0.4, 0.5) is 54.8 Å². The van der Waals surface area contributed by atoms with Gasteiger partial charge in [-0.15, -0.1) is 0 Å². The van der Waals surface area contributed by atoms with Crippen molar-refractivity contribution in [3.8, 4) is 0 Å². The van der Waals surface area contributed by atoms with Crippen molar-refractivity contribution < 1.29 is 58.6 Å². The minimum atomic E-state index is -5.84. The molecule has 1 aromatic rings. The first-order valence-corrected chi connectivity index (χ1v) is 13.9. The van der Waals surface area contributed by atoms with Crippen LogP contribution in [0.1, 0.15) is 31.9 Å². The fourth-order valence-electron chi connectivity index (χ4n) is 5.66. The van der Waals surface area contributed by atoms with E-state index in [0.29, 0.717) is 37.4 Å². The van der Waals surface area contributed by atoms with Crippen LogP contribution in [0.2, 0.25) is 0 Å². The van der Waals surface area contributed by atoms with Crippen LogP contribution in [-0.4, -0.2) is 103 Å². The van der Waals surface area contributed by atoms with E-state index in [1.807, 2.05) is 4.90 Å². The number of hydrogen-bond donors (Lipinski definition) is 0. The number of benzene rings is 1. The maximum absolute atomic E-state index is 13.6. The summed E-state index contributed by atoms with van der Waals surface area (Å²) < 4.78 is 127. The van der Waals surface area contributed by atoms with Gasteiger partial charge in [-0.05, 0) is 38.5 Å². The fraction of sp³-hybridized carbons (Fsp3) is 0.704. The second kappa shape index (κ2) is 12.0. The summed E-state index contributed by atoms with van der Waals surface area (Å²) in [6.45, 7) is 6.55. The van der Waals surface area contributed by atoms with Crippen molar-refractivity contribution >= 4 is 17.9 Å². The zero-order valence-electron chi connectivity index (χ0n) is 24.2. The number of alkyl halides is 9. The SMILES string of the molecule is CC(C)(C)OC(=O)N1CC2CN(c3cc(C(F)(F)F)ccc3CN3CCN(C(=O)OC(C(F)(F)F)C(F)(F)F)CC3)CC2C1. The van der Waals surface area contributed by atoms with Crippen LogP contribution >= 0.6 is 0 Å². The summed E-state index contributed by atoms with van der Waals surface area (Å²) in [5.41, 5.74) is -0.640. The number of ether oxygens (including phenoxy) is 2. The summed E-state index contributed by atoms with van der Waals surface area (Å²) in [4.78, 5) is 30.5. The molecule has 17 heteroatoms. The zero-order chi connectivity index (χ0) is 32.8. The van der Waals surface area contributed by atoms with Crippen molar-refractivity contribution in [1.29, 1.82) is 0 Å². The third-order valence-electron chi connectivity index (χ3n) is 7.73. The molecule has 1 aromatic carbocycles. The highest BCUT2D eigenvalue weighted by Crippen LogP contribution is 2.40. The van der Waals surface area contributed by atoms with Crippen molar-refractivity contribution in [3.05, 3.63) is 29.3 Å². The molecule has 0 saturated carbocycles. The predicted molar refractivity (Wildman–Crippen MR) is 138 cm³/mol. The lowest BCUT2D eigenvalue weighted by atomic mass is 10.0. The van der Waals surface area contributed by atoms with Gasteiger partial charge in [0.05, 0.1) is 5.56 Å². The first-order valence-electron chi connectivity index (χ1n) is 13.9. The van der Waals surface area contributed by atoms with Gasteiger partial charge in [0.25, 0.3) is 6.10 Å². The smallest absolute Gasteiger partial charge is 0.434 e. The highest BCUT2D eigenvalue weighted by atomic mass is 19.4. The van der Waals surface area contributed by atoms with E-state index in [1.54, 1.807) is 30.6 Å². The van der Waals surface area contributed by atoms with Gasteiger partial charge in [0.2, 0.25) is 0 Å². The average molecular weight is 649 g/mol. The monoisotopic (exact) mass is 648 g/mol. The molecule has 0 aliphatic carbocycles. The summed E-state index contributed by atoms with van der Waals surface area (Å²) in [7, 11) is 0. The molecule has 3 heterocycles. The maximum atomic E-state index is 13.6. The number of fused-ring (bicyclic) bond motifs is 1. The number of halogens is 9. The van der Waals surface area contributed by atoms with Crippen LogP contribution < -0.4 is 4.90 Å². The van der Waals surface area contributed by atoms with E-state index in [0.717, 1.165) is 17.0 Å². The predicted octanol–water partition coefficient (Wildman–Crippen LogP) is 5.76. The van der Waals surface area contributed by atoms with Crippen LogP contribution in [0, 0.1) is 11.8 Å². The molecule has 3 aliphatic rings. The van der Waals surface area contributed by atoms with E-state index in [2.05, 4.69) is 4.74 Å². The van der Waals surface area contributed by atoms with Crippen LogP contribution in [0.25, 0.3) is 0 Å². The number of hydrogen-bond acceptors (Lipinski definition) is 6. The number of rotatable bonds is 4. The average Bonchev–Trinajstić information content (AvgIpc) is 3.44. The van der Waals surface area contributed by atoms with Crippen molar-refractivity contribution in [2.24, 2.45) is 11.8 Å². The summed E-state index contributed by atoms with van der Waals surface area (Å²) in [6.07, 6.45) is -22.7. The Morgan fingerprint density at radius 2 is 1.34 bits per heavy atom. The Hall–Kier alpha value is -3.11. The highest BCUT2D eigenvalue weighted by Gasteiger charge is 2.60. The molecular weight excluding hydrogens is 615 g/mol. The summed E-state index contributed by atoms with van der Waals surface area (Å²) in [5, 5.41) is 0. The van der Waals surface area contributed by atoms with Gasteiger partial charge in [-0.2, -0.15) is 39.5 Å². The van der Waals surface area contributed by atoms with Gasteiger partial charge < -0.3 is 24.2 Å². The molecule has 248 valence electrons. The molecule has 0 N–H and O–H groups in total. The Morgan fingerprint density at radius 1 is 0.795 bits per heavy atom. The van der Waals surface area contributed by atoms with Crippen molar-refractivity contribution in [1.82, 2.24) is 14.7 Å². The van der Waals surface area contributed by atoms with E-state index >= 15 is 0 Å². The topological polar surface area (TPSA) is 65.6 Å². The molecule has 3 aliphatic heterocycles. The van der Waals surface area contributed by atoms with Crippen LogP contribution in [0.5, 0.6) is 0 Å². The fourth-order valence-corrected chi connectivity index (χ4v) is 5.66. The van der Waals surface area contributed by atoms with E-state index in [9.17, 15) is 49.1 Å². The Morgan fingerprint density at radius 3 is 1.82 bits per heavy atom. The van der Waals surface area contributed by atoms with Crippen LogP contribution in [0.15, 0.2) is 18.2 Å². The van der Waals surface area contributed by atoms with Gasteiger partial charge in [-0.1, -0.05) is 6.07 Å². The van der Waals surface area contributed by atoms with Crippen LogP contribution in [-0.2, 0) is 22.2 Å². The molecule has 0 aromatic heterocycles. The Balaban J connectivity index is 1.41. The number of likely N-dealkylation sites (tertiary alicyclic amines) is 1. The molecule has 2 unspecified atom stereocenters. The third-order valence-corrected chi connectivity index (χ3v) is 7.73. The van der Waals surface area contributed by atoms with Gasteiger partial charge in [0, 0.05) is 76.4 Å².